The second-order valence-electron chi connectivity index (χ2n) is 7.46. The van der Waals surface area contributed by atoms with Crippen molar-refractivity contribution in [2.24, 2.45) is 0 Å². The predicted octanol–water partition coefficient (Wildman–Crippen LogP) is 1.43. The minimum atomic E-state index is -5.71. The molecule has 0 radical (unpaired) electrons. The molecule has 208 valence electrons. The Morgan fingerprint density at radius 3 is 2.32 bits per heavy atom. The molecule has 3 rings (SSSR count). The number of aliphatic hydroxyl groups excluding tert-OH is 1. The maximum absolute atomic E-state index is 12.4. The average molecular weight is 819 g/mol. The normalized spacial score (nSPS) is 22.8. The quantitative estimate of drug-likeness (QED) is 0.125. The maximum atomic E-state index is 12.4. The molecule has 0 bridgehead atoms. The monoisotopic (exact) mass is 819 g/mol. The van der Waals surface area contributed by atoms with E-state index in [1.165, 1.54) is 6.20 Å². The van der Waals surface area contributed by atoms with Crippen LogP contribution in [0.15, 0.2) is 29.2 Å². The van der Waals surface area contributed by atoms with E-state index in [0.717, 1.165) is 11.7 Å². The first-order chi connectivity index (χ1) is 17.4. The van der Waals surface area contributed by atoms with E-state index in [4.69, 9.17) is 20.3 Å². The van der Waals surface area contributed by atoms with Gasteiger partial charge < -0.3 is 35.2 Å². The zero-order chi connectivity index (χ0) is 28.5. The van der Waals surface area contributed by atoms with Crippen LogP contribution < -0.4 is 11.4 Å². The van der Waals surface area contributed by atoms with Gasteiger partial charge in [0, 0.05) is 25.3 Å². The summed E-state index contributed by atoms with van der Waals surface area (Å²) in [6, 6.07) is 5.63. The SMILES string of the molecule is Nc1nc(=O)n([C@H]2C[C@@H](O)[C@@H](COP(=O)(O)OP(=O)(O)OP(=O)(O)O)O2)cc1C#Cc1cc(I)cc(I)c1. The van der Waals surface area contributed by atoms with Gasteiger partial charge in [-0.25, -0.2) is 18.5 Å². The lowest BCUT2D eigenvalue weighted by Gasteiger charge is -2.19. The van der Waals surface area contributed by atoms with Crippen molar-refractivity contribution in [1.82, 2.24) is 9.55 Å². The lowest BCUT2D eigenvalue weighted by Crippen LogP contribution is -2.29. The van der Waals surface area contributed by atoms with Crippen LogP contribution in [0.2, 0.25) is 0 Å². The Morgan fingerprint density at radius 1 is 1.08 bits per heavy atom. The summed E-state index contributed by atoms with van der Waals surface area (Å²) in [7, 11) is -16.7. The fourth-order valence-electron chi connectivity index (χ4n) is 3.06. The van der Waals surface area contributed by atoms with Crippen LogP contribution in [-0.2, 0) is 31.6 Å². The molecule has 1 aromatic carbocycles. The third kappa shape index (κ3) is 9.42. The van der Waals surface area contributed by atoms with Crippen molar-refractivity contribution < 1.29 is 56.3 Å². The lowest BCUT2D eigenvalue weighted by atomic mass is 10.2. The number of nitrogen functional groups attached to an aromatic ring is 1. The number of nitrogens with two attached hydrogens (primary N) is 1. The predicted molar refractivity (Wildman–Crippen MR) is 145 cm³/mol. The van der Waals surface area contributed by atoms with E-state index in [1.54, 1.807) is 0 Å². The Morgan fingerprint density at radius 2 is 1.71 bits per heavy atom. The number of hydrogen-bond donors (Lipinski definition) is 6. The van der Waals surface area contributed by atoms with Gasteiger partial charge in [-0.1, -0.05) is 11.8 Å². The van der Waals surface area contributed by atoms with Gasteiger partial charge in [0.1, 0.15) is 18.1 Å². The third-order valence-electron chi connectivity index (χ3n) is 4.52. The number of halogens is 2. The van der Waals surface area contributed by atoms with Gasteiger partial charge in [-0.2, -0.15) is 13.6 Å². The standard InChI is InChI=1S/C17H18I2N3O13P3/c18-11-3-9(4-12(19)5-11)1-2-10-7-22(17(24)21-16(10)20)15-6-13(23)14(33-15)8-32-37(28,29)35-38(30,31)34-36(25,26)27/h3-5,7,13-15,23H,6,8H2,(H,28,29)(H,30,31)(H2,20,21,24)(H2,25,26,27)/t13-,14-,15-/m1/s1. The summed E-state index contributed by atoms with van der Waals surface area (Å²) in [6.45, 7) is -0.892. The van der Waals surface area contributed by atoms with Gasteiger partial charge in [-0.15, -0.1) is 0 Å². The number of rotatable bonds is 8. The summed E-state index contributed by atoms with van der Waals surface area (Å²) in [5, 5.41) is 10.3. The van der Waals surface area contributed by atoms with Gasteiger partial charge in [0.2, 0.25) is 0 Å². The van der Waals surface area contributed by atoms with Crippen LogP contribution in [0.3, 0.4) is 0 Å². The smallest absolute Gasteiger partial charge is 0.390 e. The van der Waals surface area contributed by atoms with Gasteiger partial charge in [0.15, 0.2) is 0 Å². The van der Waals surface area contributed by atoms with E-state index in [2.05, 4.69) is 75.2 Å². The number of ether oxygens (including phenoxy) is 1. The van der Waals surface area contributed by atoms with E-state index in [1.807, 2.05) is 18.2 Å². The highest BCUT2D eigenvalue weighted by molar-refractivity contribution is 14.1. The van der Waals surface area contributed by atoms with Gasteiger partial charge in [-0.3, -0.25) is 9.09 Å². The summed E-state index contributed by atoms with van der Waals surface area (Å²) in [5.74, 6) is 5.62. The summed E-state index contributed by atoms with van der Waals surface area (Å²) in [5.41, 5.74) is 5.89. The number of aliphatic hydroxyl groups is 1. The van der Waals surface area contributed by atoms with Crippen molar-refractivity contribution in [3.63, 3.8) is 0 Å². The van der Waals surface area contributed by atoms with Gasteiger partial charge in [0.05, 0.1) is 18.3 Å². The van der Waals surface area contributed by atoms with Crippen molar-refractivity contribution in [3.05, 3.63) is 53.1 Å². The number of benzene rings is 1. The molecule has 2 unspecified atom stereocenters. The maximum Gasteiger partial charge on any atom is 0.490 e. The van der Waals surface area contributed by atoms with E-state index in [-0.39, 0.29) is 17.8 Å². The lowest BCUT2D eigenvalue weighted by molar-refractivity contribution is -0.0449. The van der Waals surface area contributed by atoms with Gasteiger partial charge in [-0.05, 0) is 63.4 Å². The van der Waals surface area contributed by atoms with Crippen LogP contribution in [0.25, 0.3) is 0 Å². The van der Waals surface area contributed by atoms with Crippen LogP contribution in [-0.4, -0.2) is 53.0 Å². The highest BCUT2D eigenvalue weighted by Crippen LogP contribution is 2.66. The number of phosphoric ester groups is 1. The zero-order valence-electron chi connectivity index (χ0n) is 18.5. The van der Waals surface area contributed by atoms with Crippen LogP contribution in [0, 0.1) is 19.0 Å². The highest BCUT2D eigenvalue weighted by Gasteiger charge is 2.43. The molecule has 1 aliphatic heterocycles. The molecule has 5 atom stereocenters. The Kier molecular flexibility index (Phi) is 10.4. The molecule has 2 aromatic rings. The number of anilines is 1. The van der Waals surface area contributed by atoms with Crippen LogP contribution in [0.4, 0.5) is 5.82 Å². The second-order valence-corrected chi connectivity index (χ2v) is 14.4. The molecule has 1 aromatic heterocycles. The van der Waals surface area contributed by atoms with Crippen molar-refractivity contribution in [2.45, 2.75) is 24.9 Å². The molecular formula is C17H18I2N3O13P3. The number of aromatic nitrogens is 2. The van der Waals surface area contributed by atoms with Crippen LogP contribution in [0.5, 0.6) is 0 Å². The molecule has 16 nitrogen and oxygen atoms in total. The Bertz CT molecular complexity index is 1470. The average Bonchev–Trinajstić information content (AvgIpc) is 3.08. The Hall–Kier alpha value is -0.750. The van der Waals surface area contributed by atoms with E-state index < -0.39 is 54.2 Å². The Labute approximate surface area is 241 Å². The molecule has 2 heterocycles. The molecule has 21 heteroatoms. The van der Waals surface area contributed by atoms with E-state index in [9.17, 15) is 33.4 Å². The van der Waals surface area contributed by atoms with Gasteiger partial charge >= 0.3 is 29.2 Å². The first-order valence-electron chi connectivity index (χ1n) is 9.92. The molecule has 1 aliphatic rings. The molecular weight excluding hydrogens is 801 g/mol. The number of phosphoric acid groups is 3. The van der Waals surface area contributed by atoms with Gasteiger partial charge in [0.25, 0.3) is 0 Å². The second kappa shape index (κ2) is 12.4. The molecule has 1 fully saturated rings. The first kappa shape index (κ1) is 31.8. The summed E-state index contributed by atoms with van der Waals surface area (Å²) >= 11 is 4.29. The van der Waals surface area contributed by atoms with E-state index >= 15 is 0 Å². The molecule has 1 saturated heterocycles. The first-order valence-corrected chi connectivity index (χ1v) is 16.6. The summed E-state index contributed by atoms with van der Waals surface area (Å²) in [6.07, 6.45) is -2.73. The summed E-state index contributed by atoms with van der Waals surface area (Å²) < 4.78 is 54.2. The topological polar surface area (TPSA) is 250 Å². The largest absolute Gasteiger partial charge is 0.490 e. The fraction of sp³-hybridized carbons (Fsp3) is 0.294. The third-order valence-corrected chi connectivity index (χ3v) is 9.57. The molecule has 0 saturated carbocycles. The minimum absolute atomic E-state index is 0.137. The molecule has 0 amide bonds. The van der Waals surface area contributed by atoms with Crippen molar-refractivity contribution in [1.29, 1.82) is 0 Å². The van der Waals surface area contributed by atoms with Crippen molar-refractivity contribution in [3.8, 4) is 11.8 Å². The van der Waals surface area contributed by atoms with Crippen molar-refractivity contribution >= 4 is 74.5 Å². The van der Waals surface area contributed by atoms with Crippen LogP contribution in [0.1, 0.15) is 23.8 Å². The molecule has 7 N–H and O–H groups in total. The molecule has 38 heavy (non-hydrogen) atoms. The number of hydrogen-bond acceptors (Lipinski definition) is 11. The minimum Gasteiger partial charge on any atom is -0.390 e. The summed E-state index contributed by atoms with van der Waals surface area (Å²) in [4.78, 5) is 52.1. The Balaban J connectivity index is 1.73. The highest BCUT2D eigenvalue weighted by atomic mass is 127. The molecule has 0 aliphatic carbocycles. The fourth-order valence-corrected chi connectivity index (χ4v) is 8.02. The van der Waals surface area contributed by atoms with Crippen molar-refractivity contribution in [2.75, 3.05) is 12.3 Å². The number of nitrogens with zero attached hydrogens (tertiary/aromatic N) is 2. The van der Waals surface area contributed by atoms with E-state index in [0.29, 0.717) is 5.56 Å². The van der Waals surface area contributed by atoms with Crippen LogP contribution >= 0.6 is 68.6 Å². The zero-order valence-corrected chi connectivity index (χ0v) is 25.5. The molecule has 0 spiro atoms.